The van der Waals surface area contributed by atoms with Crippen LogP contribution in [0.25, 0.3) is 0 Å². The van der Waals surface area contributed by atoms with Gasteiger partial charge in [0.25, 0.3) is 0 Å². The summed E-state index contributed by atoms with van der Waals surface area (Å²) in [6, 6.07) is 0. The maximum Gasteiger partial charge on any atom is 0.225 e. The van der Waals surface area contributed by atoms with Gasteiger partial charge >= 0.3 is 0 Å². The molecule has 148 valence electrons. The summed E-state index contributed by atoms with van der Waals surface area (Å²) < 4.78 is 0. The topological polar surface area (TPSA) is 51.2 Å². The molecule has 3 rings (SSSR count). The van der Waals surface area contributed by atoms with Crippen LogP contribution in [0.5, 0.6) is 0 Å². The van der Waals surface area contributed by atoms with E-state index in [0.29, 0.717) is 11.8 Å². The van der Waals surface area contributed by atoms with Gasteiger partial charge < -0.3 is 15.1 Å². The number of carbonyl (C=O) groups excluding carboxylic acids is 1. The van der Waals surface area contributed by atoms with Crippen molar-refractivity contribution in [1.82, 2.24) is 20.0 Å². The van der Waals surface area contributed by atoms with Gasteiger partial charge in [-0.2, -0.15) is 0 Å². The molecule has 6 heteroatoms. The van der Waals surface area contributed by atoms with Crippen LogP contribution in [0, 0.1) is 11.8 Å². The Labute approximate surface area is 159 Å². The molecule has 2 saturated heterocycles. The van der Waals surface area contributed by atoms with Crippen molar-refractivity contribution in [2.75, 3.05) is 58.9 Å². The zero-order valence-corrected chi connectivity index (χ0v) is 16.8. The Kier molecular flexibility index (Phi) is 7.17. The maximum atomic E-state index is 12.3. The molecule has 1 atom stereocenters. The molecule has 1 aliphatic carbocycles. The lowest BCUT2D eigenvalue weighted by Crippen LogP contribution is -2.51. The van der Waals surface area contributed by atoms with E-state index in [9.17, 15) is 4.79 Å². The highest BCUT2D eigenvalue weighted by molar-refractivity contribution is 5.80. The van der Waals surface area contributed by atoms with E-state index in [4.69, 9.17) is 4.99 Å². The monoisotopic (exact) mass is 363 g/mol. The standard InChI is InChI=1S/C20H37N5O/c1-3-21-20(25-10-5-6-17(2)16-25)22-9-11-23-12-14-24(15-13-23)19(26)18-7-4-8-18/h17-18H,3-16H2,1-2H3,(H,21,22). The number of rotatable bonds is 5. The van der Waals surface area contributed by atoms with E-state index in [1.165, 1.54) is 19.3 Å². The largest absolute Gasteiger partial charge is 0.357 e. The fourth-order valence-electron chi connectivity index (χ4n) is 4.21. The zero-order valence-electron chi connectivity index (χ0n) is 16.8. The van der Waals surface area contributed by atoms with E-state index in [2.05, 4.69) is 33.9 Å². The minimum absolute atomic E-state index is 0.334. The second-order valence-corrected chi connectivity index (χ2v) is 8.22. The number of carbonyl (C=O) groups is 1. The number of amides is 1. The lowest BCUT2D eigenvalue weighted by atomic mass is 9.84. The predicted octanol–water partition coefficient (Wildman–Crippen LogP) is 1.63. The SMILES string of the molecule is CCNC(=NCCN1CCN(C(=O)C2CCC2)CC1)N1CCCC(C)C1. The van der Waals surface area contributed by atoms with Crippen LogP contribution in [-0.4, -0.2) is 85.5 Å². The third kappa shape index (κ3) is 5.12. The molecule has 6 nitrogen and oxygen atoms in total. The summed E-state index contributed by atoms with van der Waals surface area (Å²) in [6.07, 6.45) is 6.05. The van der Waals surface area contributed by atoms with Crippen LogP contribution in [0.1, 0.15) is 46.0 Å². The fourth-order valence-corrected chi connectivity index (χ4v) is 4.21. The molecule has 26 heavy (non-hydrogen) atoms. The van der Waals surface area contributed by atoms with E-state index >= 15 is 0 Å². The van der Waals surface area contributed by atoms with Crippen LogP contribution >= 0.6 is 0 Å². The third-order valence-corrected chi connectivity index (χ3v) is 6.11. The van der Waals surface area contributed by atoms with Gasteiger partial charge in [0, 0.05) is 58.3 Å². The molecule has 0 radical (unpaired) electrons. The summed E-state index contributed by atoms with van der Waals surface area (Å²) in [5.41, 5.74) is 0. The van der Waals surface area contributed by atoms with Gasteiger partial charge in [-0.15, -0.1) is 0 Å². The van der Waals surface area contributed by atoms with Gasteiger partial charge in [0.15, 0.2) is 5.96 Å². The second kappa shape index (κ2) is 9.58. The van der Waals surface area contributed by atoms with Crippen molar-refractivity contribution in [3.05, 3.63) is 0 Å². The lowest BCUT2D eigenvalue weighted by Gasteiger charge is -2.38. The minimum Gasteiger partial charge on any atom is -0.357 e. The molecule has 1 unspecified atom stereocenters. The molecule has 1 saturated carbocycles. The van der Waals surface area contributed by atoms with Gasteiger partial charge in [-0.3, -0.25) is 14.7 Å². The highest BCUT2D eigenvalue weighted by Gasteiger charge is 2.31. The van der Waals surface area contributed by atoms with Crippen molar-refractivity contribution in [3.63, 3.8) is 0 Å². The number of likely N-dealkylation sites (tertiary alicyclic amines) is 1. The Morgan fingerprint density at radius 2 is 1.81 bits per heavy atom. The fraction of sp³-hybridized carbons (Fsp3) is 0.900. The number of nitrogens with zero attached hydrogens (tertiary/aromatic N) is 4. The Morgan fingerprint density at radius 1 is 1.04 bits per heavy atom. The highest BCUT2D eigenvalue weighted by atomic mass is 16.2. The number of piperidine rings is 1. The molecule has 2 heterocycles. The summed E-state index contributed by atoms with van der Waals surface area (Å²) in [6.45, 7) is 13.2. The zero-order chi connectivity index (χ0) is 18.4. The van der Waals surface area contributed by atoms with Crippen LogP contribution in [0.2, 0.25) is 0 Å². The van der Waals surface area contributed by atoms with Crippen molar-refractivity contribution < 1.29 is 4.79 Å². The quantitative estimate of drug-likeness (QED) is 0.596. The number of nitrogens with one attached hydrogen (secondary N) is 1. The first-order valence-corrected chi connectivity index (χ1v) is 10.7. The molecule has 1 amide bonds. The number of piperazine rings is 1. The molecular weight excluding hydrogens is 326 g/mol. The summed E-state index contributed by atoms with van der Waals surface area (Å²) in [4.78, 5) is 24.2. The average molecular weight is 364 g/mol. The van der Waals surface area contributed by atoms with Crippen LogP contribution in [0.15, 0.2) is 4.99 Å². The molecule has 0 bridgehead atoms. The molecule has 2 aliphatic heterocycles. The molecule has 0 aromatic heterocycles. The van der Waals surface area contributed by atoms with Crippen LogP contribution in [-0.2, 0) is 4.79 Å². The van der Waals surface area contributed by atoms with E-state index in [1.807, 2.05) is 0 Å². The van der Waals surface area contributed by atoms with E-state index in [-0.39, 0.29) is 0 Å². The number of hydrogen-bond donors (Lipinski definition) is 1. The summed E-state index contributed by atoms with van der Waals surface area (Å²) in [5, 5.41) is 3.46. The smallest absolute Gasteiger partial charge is 0.225 e. The molecule has 3 fully saturated rings. The number of guanidine groups is 1. The Morgan fingerprint density at radius 3 is 2.42 bits per heavy atom. The van der Waals surface area contributed by atoms with Gasteiger partial charge in [-0.25, -0.2) is 0 Å². The van der Waals surface area contributed by atoms with Crippen molar-refractivity contribution in [1.29, 1.82) is 0 Å². The van der Waals surface area contributed by atoms with Crippen LogP contribution < -0.4 is 5.32 Å². The number of aliphatic imine (C=N–C) groups is 1. The Balaban J connectivity index is 1.41. The van der Waals surface area contributed by atoms with Gasteiger partial charge in [0.05, 0.1) is 6.54 Å². The predicted molar refractivity (Wildman–Crippen MR) is 106 cm³/mol. The van der Waals surface area contributed by atoms with E-state index < -0.39 is 0 Å². The Bertz CT molecular complexity index is 483. The van der Waals surface area contributed by atoms with Crippen LogP contribution in [0.3, 0.4) is 0 Å². The Hall–Kier alpha value is -1.30. The highest BCUT2D eigenvalue weighted by Crippen LogP contribution is 2.28. The van der Waals surface area contributed by atoms with Crippen LogP contribution in [0.4, 0.5) is 0 Å². The third-order valence-electron chi connectivity index (χ3n) is 6.11. The van der Waals surface area contributed by atoms with Crippen molar-refractivity contribution >= 4 is 11.9 Å². The summed E-state index contributed by atoms with van der Waals surface area (Å²) >= 11 is 0. The van der Waals surface area contributed by atoms with E-state index in [0.717, 1.165) is 83.6 Å². The average Bonchev–Trinajstić information content (AvgIpc) is 2.60. The first-order valence-electron chi connectivity index (χ1n) is 10.7. The molecule has 0 aromatic carbocycles. The first kappa shape index (κ1) is 19.5. The van der Waals surface area contributed by atoms with E-state index in [1.54, 1.807) is 0 Å². The molecule has 0 spiro atoms. The van der Waals surface area contributed by atoms with Gasteiger partial charge in [-0.05, 0) is 38.5 Å². The lowest BCUT2D eigenvalue weighted by molar-refractivity contribution is -0.139. The first-order chi connectivity index (χ1) is 12.7. The summed E-state index contributed by atoms with van der Waals surface area (Å²) in [5.74, 6) is 2.58. The summed E-state index contributed by atoms with van der Waals surface area (Å²) in [7, 11) is 0. The normalized spacial score (nSPS) is 25.9. The molecular formula is C20H37N5O. The van der Waals surface area contributed by atoms with Gasteiger partial charge in [0.2, 0.25) is 5.91 Å². The number of hydrogen-bond acceptors (Lipinski definition) is 3. The van der Waals surface area contributed by atoms with Gasteiger partial charge in [0.1, 0.15) is 0 Å². The molecule has 0 aromatic rings. The van der Waals surface area contributed by atoms with Crippen molar-refractivity contribution in [3.8, 4) is 0 Å². The molecule has 1 N–H and O–H groups in total. The maximum absolute atomic E-state index is 12.3. The minimum atomic E-state index is 0.334. The molecule has 3 aliphatic rings. The second-order valence-electron chi connectivity index (χ2n) is 8.22. The van der Waals surface area contributed by atoms with Gasteiger partial charge in [-0.1, -0.05) is 13.3 Å². The van der Waals surface area contributed by atoms with Crippen molar-refractivity contribution in [2.24, 2.45) is 16.8 Å². The van der Waals surface area contributed by atoms with Crippen molar-refractivity contribution in [2.45, 2.75) is 46.0 Å².